The molecule has 2 aliphatic heterocycles. The number of fused-ring (bicyclic) bond motifs is 1. The largest absolute Gasteiger partial charge is 0.381 e. The molecule has 2 saturated carbocycles. The van der Waals surface area contributed by atoms with Gasteiger partial charge in [-0.25, -0.2) is 5.43 Å². The third kappa shape index (κ3) is 7.16. The molecule has 0 radical (unpaired) electrons. The Hall–Kier alpha value is -1.79. The molecule has 5 unspecified atom stereocenters. The van der Waals surface area contributed by atoms with Gasteiger partial charge in [0.2, 0.25) is 17.7 Å². The average Bonchev–Trinajstić information content (AvgIpc) is 3.38. The van der Waals surface area contributed by atoms with Crippen molar-refractivity contribution in [3.8, 4) is 0 Å². The van der Waals surface area contributed by atoms with Gasteiger partial charge in [0, 0.05) is 52.0 Å². The lowest BCUT2D eigenvalue weighted by atomic mass is 9.73. The molecule has 5 atom stereocenters. The van der Waals surface area contributed by atoms with Gasteiger partial charge >= 0.3 is 0 Å². The first-order valence-electron chi connectivity index (χ1n) is 13.7. The van der Waals surface area contributed by atoms with Gasteiger partial charge in [0.05, 0.1) is 12.3 Å². The van der Waals surface area contributed by atoms with Gasteiger partial charge in [-0.3, -0.25) is 30.0 Å². The molecule has 0 spiro atoms. The van der Waals surface area contributed by atoms with Gasteiger partial charge in [0.1, 0.15) is 6.23 Å². The standard InChI is InChI=1S/C25H44N6O5/c1-31(14-13-26-21(32)15-20-18-5-3-4-6-19(18)25(34)29-28-20)23(33)12-11-22-27-24(30-36-22)16-7-9-17(35-2)10-8-16/h16-20,22,24,27-28,30H,3-15H2,1-2H3,(H,26,32)(H,29,34). The Labute approximate surface area is 214 Å². The highest BCUT2D eigenvalue weighted by Gasteiger charge is 2.40. The van der Waals surface area contributed by atoms with Crippen LogP contribution in [0.3, 0.4) is 0 Å². The number of hydroxylamine groups is 1. The number of likely N-dealkylation sites (N-methyl/N-ethyl adjacent to an activating group) is 1. The lowest BCUT2D eigenvalue weighted by Crippen LogP contribution is -2.60. The molecule has 0 aromatic rings. The van der Waals surface area contributed by atoms with Crippen LogP contribution in [0.1, 0.15) is 70.6 Å². The lowest BCUT2D eigenvalue weighted by Gasteiger charge is -2.40. The Balaban J connectivity index is 1.09. The second-order valence-electron chi connectivity index (χ2n) is 10.8. The minimum Gasteiger partial charge on any atom is -0.381 e. The molecule has 4 rings (SSSR count). The van der Waals surface area contributed by atoms with E-state index in [9.17, 15) is 14.4 Å². The number of hydrogen-bond acceptors (Lipinski definition) is 8. The molecule has 0 bridgehead atoms. The summed E-state index contributed by atoms with van der Waals surface area (Å²) in [5, 5.41) is 6.40. The summed E-state index contributed by atoms with van der Waals surface area (Å²) >= 11 is 0. The van der Waals surface area contributed by atoms with E-state index in [4.69, 9.17) is 9.57 Å². The van der Waals surface area contributed by atoms with Crippen molar-refractivity contribution in [3.05, 3.63) is 0 Å². The van der Waals surface area contributed by atoms with Gasteiger partial charge in [0.15, 0.2) is 0 Å². The van der Waals surface area contributed by atoms with Crippen molar-refractivity contribution >= 4 is 17.7 Å². The van der Waals surface area contributed by atoms with Gasteiger partial charge in [-0.2, -0.15) is 5.48 Å². The van der Waals surface area contributed by atoms with Crippen LogP contribution in [0.2, 0.25) is 0 Å². The minimum absolute atomic E-state index is 0.0102. The van der Waals surface area contributed by atoms with E-state index in [0.29, 0.717) is 44.4 Å². The SMILES string of the molecule is COC1CCC(C2NOC(CCC(=O)N(C)CCNC(=O)CC3NNC(=O)C4CCCCC34)N2)CC1. The van der Waals surface area contributed by atoms with Crippen LogP contribution < -0.4 is 27.0 Å². The first-order valence-corrected chi connectivity index (χ1v) is 13.7. The molecule has 2 heterocycles. The summed E-state index contributed by atoms with van der Waals surface area (Å²) in [6, 6.07) is -0.0428. The highest BCUT2D eigenvalue weighted by atomic mass is 16.7. The molecule has 0 aromatic heterocycles. The Kier molecular flexibility index (Phi) is 9.95. The third-order valence-electron chi connectivity index (χ3n) is 8.50. The van der Waals surface area contributed by atoms with Crippen molar-refractivity contribution in [3.63, 3.8) is 0 Å². The first-order chi connectivity index (χ1) is 17.4. The highest BCUT2D eigenvalue weighted by molar-refractivity contribution is 5.81. The van der Waals surface area contributed by atoms with E-state index in [-0.39, 0.29) is 48.0 Å². The van der Waals surface area contributed by atoms with E-state index >= 15 is 0 Å². The fraction of sp³-hybridized carbons (Fsp3) is 0.880. The van der Waals surface area contributed by atoms with E-state index in [2.05, 4.69) is 27.0 Å². The van der Waals surface area contributed by atoms with Crippen LogP contribution >= 0.6 is 0 Å². The van der Waals surface area contributed by atoms with Gasteiger partial charge in [-0.1, -0.05) is 12.8 Å². The number of hydrogen-bond donors (Lipinski definition) is 5. The molecule has 11 nitrogen and oxygen atoms in total. The van der Waals surface area contributed by atoms with Crippen molar-refractivity contribution in [2.24, 2.45) is 17.8 Å². The van der Waals surface area contributed by atoms with E-state index in [0.717, 1.165) is 51.4 Å². The van der Waals surface area contributed by atoms with Crippen molar-refractivity contribution in [1.29, 1.82) is 0 Å². The molecule has 4 aliphatic rings. The number of hydrazine groups is 1. The molecular weight excluding hydrogens is 464 g/mol. The number of carbonyl (C=O) groups excluding carboxylic acids is 3. The van der Waals surface area contributed by atoms with Crippen LogP contribution in [0.4, 0.5) is 0 Å². The van der Waals surface area contributed by atoms with Gasteiger partial charge in [-0.15, -0.1) is 0 Å². The molecule has 204 valence electrons. The zero-order valence-electron chi connectivity index (χ0n) is 21.7. The molecule has 11 heteroatoms. The Morgan fingerprint density at radius 1 is 1.14 bits per heavy atom. The lowest BCUT2D eigenvalue weighted by molar-refractivity contribution is -0.135. The number of methoxy groups -OCH3 is 1. The summed E-state index contributed by atoms with van der Waals surface area (Å²) in [5.74, 6) is 0.747. The zero-order chi connectivity index (χ0) is 25.5. The topological polar surface area (TPSA) is 133 Å². The van der Waals surface area contributed by atoms with Crippen molar-refractivity contribution in [2.75, 3.05) is 27.2 Å². The monoisotopic (exact) mass is 508 g/mol. The average molecular weight is 509 g/mol. The minimum atomic E-state index is -0.181. The zero-order valence-corrected chi connectivity index (χ0v) is 21.7. The molecule has 4 fully saturated rings. The smallest absolute Gasteiger partial charge is 0.237 e. The Morgan fingerprint density at radius 3 is 2.69 bits per heavy atom. The van der Waals surface area contributed by atoms with E-state index in [1.807, 2.05) is 0 Å². The number of amides is 3. The second kappa shape index (κ2) is 13.1. The normalized spacial score (nSPS) is 34.5. The van der Waals surface area contributed by atoms with Crippen molar-refractivity contribution in [2.45, 2.75) is 95.2 Å². The molecule has 2 saturated heterocycles. The maximum absolute atomic E-state index is 12.6. The maximum Gasteiger partial charge on any atom is 0.237 e. The van der Waals surface area contributed by atoms with Gasteiger partial charge in [-0.05, 0) is 56.8 Å². The van der Waals surface area contributed by atoms with Crippen LogP contribution in [0.25, 0.3) is 0 Å². The second-order valence-corrected chi connectivity index (χ2v) is 10.8. The highest BCUT2D eigenvalue weighted by Crippen LogP contribution is 2.35. The quantitative estimate of drug-likeness (QED) is 0.289. The predicted molar refractivity (Wildman–Crippen MR) is 133 cm³/mol. The molecule has 36 heavy (non-hydrogen) atoms. The Morgan fingerprint density at radius 2 is 1.92 bits per heavy atom. The summed E-state index contributed by atoms with van der Waals surface area (Å²) in [7, 11) is 3.54. The summed E-state index contributed by atoms with van der Waals surface area (Å²) in [6.07, 6.45) is 9.99. The van der Waals surface area contributed by atoms with Crippen molar-refractivity contribution in [1.82, 2.24) is 31.9 Å². The fourth-order valence-electron chi connectivity index (χ4n) is 6.19. The van der Waals surface area contributed by atoms with Crippen LogP contribution in [-0.2, 0) is 24.0 Å². The summed E-state index contributed by atoms with van der Waals surface area (Å²) < 4.78 is 5.45. The van der Waals surface area contributed by atoms with Crippen LogP contribution in [0.15, 0.2) is 0 Å². The number of rotatable bonds is 10. The molecule has 5 N–H and O–H groups in total. The fourth-order valence-corrected chi connectivity index (χ4v) is 6.19. The molecule has 3 amide bonds. The summed E-state index contributed by atoms with van der Waals surface area (Å²) in [5.41, 5.74) is 8.89. The molecular formula is C25H44N6O5. The van der Waals surface area contributed by atoms with Crippen molar-refractivity contribution < 1.29 is 24.0 Å². The first kappa shape index (κ1) is 27.3. The van der Waals surface area contributed by atoms with Crippen LogP contribution in [0.5, 0.6) is 0 Å². The van der Waals surface area contributed by atoms with E-state index < -0.39 is 0 Å². The van der Waals surface area contributed by atoms with Crippen LogP contribution in [0, 0.1) is 17.8 Å². The summed E-state index contributed by atoms with van der Waals surface area (Å²) in [6.45, 7) is 0.855. The Bertz CT molecular complexity index is 761. The number of nitrogens with one attached hydrogen (secondary N) is 5. The van der Waals surface area contributed by atoms with E-state index in [1.54, 1.807) is 19.1 Å². The molecule has 0 aromatic carbocycles. The number of nitrogens with zero attached hydrogens (tertiary/aromatic N) is 1. The maximum atomic E-state index is 12.6. The summed E-state index contributed by atoms with van der Waals surface area (Å²) in [4.78, 5) is 44.5. The van der Waals surface area contributed by atoms with Gasteiger partial charge < -0.3 is 15.0 Å². The van der Waals surface area contributed by atoms with Crippen LogP contribution in [-0.4, -0.2) is 74.4 Å². The number of carbonyl (C=O) groups is 3. The third-order valence-corrected chi connectivity index (χ3v) is 8.50. The van der Waals surface area contributed by atoms with E-state index in [1.165, 1.54) is 0 Å². The number of ether oxygens (including phenoxy) is 1. The predicted octanol–water partition coefficient (Wildman–Crippen LogP) is 0.523. The van der Waals surface area contributed by atoms with Gasteiger partial charge in [0.25, 0.3) is 0 Å². The molecule has 2 aliphatic carbocycles.